The maximum absolute atomic E-state index is 12.4. The molecule has 1 aliphatic rings. The van der Waals surface area contributed by atoms with Crippen LogP contribution in [0, 0.1) is 11.3 Å². The first-order valence-corrected chi connectivity index (χ1v) is 9.14. The number of fused-ring (bicyclic) bond motifs is 1. The highest BCUT2D eigenvalue weighted by Gasteiger charge is 2.15. The molecule has 3 aromatic rings. The summed E-state index contributed by atoms with van der Waals surface area (Å²) in [7, 11) is 0. The number of nitriles is 1. The van der Waals surface area contributed by atoms with E-state index in [1.54, 1.807) is 36.4 Å². The van der Waals surface area contributed by atoms with Crippen LogP contribution >= 0.6 is 11.6 Å². The molecular weight excluding hydrogens is 392 g/mol. The molecule has 0 fully saturated rings. The maximum Gasteiger partial charge on any atom is 0.262 e. The minimum atomic E-state index is -0.495. The van der Waals surface area contributed by atoms with Crippen LogP contribution in [0.1, 0.15) is 11.3 Å². The summed E-state index contributed by atoms with van der Waals surface area (Å²) in [5.41, 5.74) is 1.58. The summed E-state index contributed by atoms with van der Waals surface area (Å²) in [4.78, 5) is 12.4. The first-order valence-electron chi connectivity index (χ1n) is 8.77. The third-order valence-corrected chi connectivity index (χ3v) is 4.51. The molecule has 1 aliphatic heterocycles. The zero-order chi connectivity index (χ0) is 20.2. The Labute approximate surface area is 171 Å². The predicted octanol–water partition coefficient (Wildman–Crippen LogP) is 4.55. The Morgan fingerprint density at radius 3 is 2.83 bits per heavy atom. The van der Waals surface area contributed by atoms with E-state index >= 15 is 0 Å². The minimum Gasteiger partial charge on any atom is -0.457 e. The molecule has 0 spiro atoms. The SMILES string of the molecule is N#C/C(=C\c1ccc(-c2cccc(Cl)c2)o1)C(=O)NCc1ccc2c(c1)OCO2. The lowest BCUT2D eigenvalue weighted by atomic mass is 10.2. The summed E-state index contributed by atoms with van der Waals surface area (Å²) >= 11 is 6.00. The Balaban J connectivity index is 1.45. The molecule has 0 saturated carbocycles. The van der Waals surface area contributed by atoms with Crippen LogP contribution in [0.5, 0.6) is 11.5 Å². The largest absolute Gasteiger partial charge is 0.457 e. The fraction of sp³-hybridized carbons (Fsp3) is 0.0909. The van der Waals surface area contributed by atoms with Gasteiger partial charge in [-0.2, -0.15) is 5.26 Å². The summed E-state index contributed by atoms with van der Waals surface area (Å²) in [5, 5.41) is 12.7. The molecule has 0 saturated heterocycles. The number of benzene rings is 2. The summed E-state index contributed by atoms with van der Waals surface area (Å²) in [5.74, 6) is 1.81. The van der Waals surface area contributed by atoms with Crippen molar-refractivity contribution >= 4 is 23.6 Å². The highest BCUT2D eigenvalue weighted by molar-refractivity contribution is 6.30. The smallest absolute Gasteiger partial charge is 0.262 e. The van der Waals surface area contributed by atoms with Gasteiger partial charge in [-0.1, -0.05) is 29.8 Å². The van der Waals surface area contributed by atoms with Gasteiger partial charge in [-0.3, -0.25) is 4.79 Å². The molecule has 7 heteroatoms. The van der Waals surface area contributed by atoms with Crippen LogP contribution in [-0.4, -0.2) is 12.7 Å². The van der Waals surface area contributed by atoms with Gasteiger partial charge in [-0.25, -0.2) is 0 Å². The fourth-order valence-corrected chi connectivity index (χ4v) is 3.04. The third kappa shape index (κ3) is 4.26. The van der Waals surface area contributed by atoms with Crippen LogP contribution in [0.4, 0.5) is 0 Å². The van der Waals surface area contributed by atoms with Gasteiger partial charge >= 0.3 is 0 Å². The highest BCUT2D eigenvalue weighted by atomic mass is 35.5. The zero-order valence-corrected chi connectivity index (χ0v) is 15.9. The first kappa shape index (κ1) is 18.7. The van der Waals surface area contributed by atoms with E-state index in [0.717, 1.165) is 11.1 Å². The van der Waals surface area contributed by atoms with E-state index in [2.05, 4.69) is 5.32 Å². The molecule has 144 valence electrons. The molecule has 4 rings (SSSR count). The molecule has 1 aromatic heterocycles. The number of hydrogen-bond acceptors (Lipinski definition) is 5. The van der Waals surface area contributed by atoms with Crippen molar-refractivity contribution < 1.29 is 18.7 Å². The number of nitrogens with one attached hydrogen (secondary N) is 1. The lowest BCUT2D eigenvalue weighted by Gasteiger charge is -2.05. The molecule has 1 N–H and O–H groups in total. The Hall–Kier alpha value is -3.69. The second-order valence-corrected chi connectivity index (χ2v) is 6.69. The van der Waals surface area contributed by atoms with E-state index in [0.29, 0.717) is 28.0 Å². The van der Waals surface area contributed by atoms with Gasteiger partial charge < -0.3 is 19.2 Å². The number of amides is 1. The van der Waals surface area contributed by atoms with Crippen molar-refractivity contribution in [2.24, 2.45) is 0 Å². The second kappa shape index (κ2) is 8.13. The maximum atomic E-state index is 12.4. The van der Waals surface area contributed by atoms with Crippen LogP contribution in [0.15, 0.2) is 64.6 Å². The topological polar surface area (TPSA) is 84.5 Å². The minimum absolute atomic E-state index is 0.0577. The normalized spacial score (nSPS) is 12.5. The molecule has 0 aliphatic carbocycles. The number of furan rings is 1. The van der Waals surface area contributed by atoms with E-state index < -0.39 is 5.91 Å². The molecule has 29 heavy (non-hydrogen) atoms. The van der Waals surface area contributed by atoms with E-state index in [1.807, 2.05) is 24.3 Å². The van der Waals surface area contributed by atoms with E-state index in [-0.39, 0.29) is 18.9 Å². The summed E-state index contributed by atoms with van der Waals surface area (Å²) in [6, 6.07) is 18.0. The lowest BCUT2D eigenvalue weighted by Crippen LogP contribution is -2.23. The van der Waals surface area contributed by atoms with Gasteiger partial charge in [0, 0.05) is 23.2 Å². The quantitative estimate of drug-likeness (QED) is 0.496. The van der Waals surface area contributed by atoms with Gasteiger partial charge in [0.25, 0.3) is 5.91 Å². The van der Waals surface area contributed by atoms with Crippen molar-refractivity contribution in [2.45, 2.75) is 6.54 Å². The summed E-state index contributed by atoms with van der Waals surface area (Å²) < 4.78 is 16.3. The first-order chi connectivity index (χ1) is 14.1. The van der Waals surface area contributed by atoms with Crippen molar-refractivity contribution in [1.82, 2.24) is 5.32 Å². The molecule has 6 nitrogen and oxygen atoms in total. The van der Waals surface area contributed by atoms with Crippen molar-refractivity contribution in [3.8, 4) is 28.9 Å². The standard InChI is InChI=1S/C22H15ClN2O4/c23-17-3-1-2-15(9-17)19-7-5-18(29-19)10-16(11-24)22(26)25-12-14-4-6-20-21(8-14)28-13-27-20/h1-10H,12-13H2,(H,25,26)/b16-10+. The van der Waals surface area contributed by atoms with E-state index in [4.69, 9.17) is 25.5 Å². The number of carbonyl (C=O) groups is 1. The van der Waals surface area contributed by atoms with Crippen molar-refractivity contribution in [1.29, 1.82) is 5.26 Å². The second-order valence-electron chi connectivity index (χ2n) is 6.25. The van der Waals surface area contributed by atoms with Crippen molar-refractivity contribution in [2.75, 3.05) is 6.79 Å². The molecule has 0 atom stereocenters. The van der Waals surface area contributed by atoms with Gasteiger partial charge in [0.05, 0.1) is 0 Å². The van der Waals surface area contributed by atoms with Crippen molar-refractivity contribution in [3.63, 3.8) is 0 Å². The predicted molar refractivity (Wildman–Crippen MR) is 107 cm³/mol. The van der Waals surface area contributed by atoms with Crippen LogP contribution < -0.4 is 14.8 Å². The molecule has 2 aromatic carbocycles. The lowest BCUT2D eigenvalue weighted by molar-refractivity contribution is -0.117. The van der Waals surface area contributed by atoms with Crippen molar-refractivity contribution in [3.05, 3.63) is 76.5 Å². The van der Waals surface area contributed by atoms with Gasteiger partial charge in [0.15, 0.2) is 11.5 Å². The number of hydrogen-bond donors (Lipinski definition) is 1. The van der Waals surface area contributed by atoms with Crippen LogP contribution in [-0.2, 0) is 11.3 Å². The monoisotopic (exact) mass is 406 g/mol. The Morgan fingerprint density at radius 2 is 2.00 bits per heavy atom. The van der Waals surface area contributed by atoms with Gasteiger partial charge in [-0.05, 0) is 42.0 Å². The van der Waals surface area contributed by atoms with Crippen LogP contribution in [0.2, 0.25) is 5.02 Å². The number of halogens is 1. The molecule has 2 heterocycles. The Kier molecular flexibility index (Phi) is 5.23. The summed E-state index contributed by atoms with van der Waals surface area (Å²) in [6.07, 6.45) is 1.41. The third-order valence-electron chi connectivity index (χ3n) is 4.28. The number of carbonyl (C=O) groups excluding carboxylic acids is 1. The Morgan fingerprint density at radius 1 is 1.14 bits per heavy atom. The molecule has 1 amide bonds. The fourth-order valence-electron chi connectivity index (χ4n) is 2.85. The van der Waals surface area contributed by atoms with Gasteiger partial charge in [0.2, 0.25) is 6.79 Å². The highest BCUT2D eigenvalue weighted by Crippen LogP contribution is 2.32. The van der Waals surface area contributed by atoms with Crippen LogP contribution in [0.3, 0.4) is 0 Å². The number of nitrogens with zero attached hydrogens (tertiary/aromatic N) is 1. The Bertz CT molecular complexity index is 1140. The number of rotatable bonds is 5. The average Bonchev–Trinajstić information content (AvgIpc) is 3.39. The van der Waals surface area contributed by atoms with E-state index in [9.17, 15) is 10.1 Å². The molecule has 0 bridgehead atoms. The summed E-state index contributed by atoms with van der Waals surface area (Å²) in [6.45, 7) is 0.438. The van der Waals surface area contributed by atoms with E-state index in [1.165, 1.54) is 6.08 Å². The molecule has 0 unspecified atom stereocenters. The van der Waals surface area contributed by atoms with Gasteiger partial charge in [0.1, 0.15) is 23.2 Å². The number of ether oxygens (including phenoxy) is 2. The van der Waals surface area contributed by atoms with Crippen LogP contribution in [0.25, 0.3) is 17.4 Å². The van der Waals surface area contributed by atoms with Gasteiger partial charge in [-0.15, -0.1) is 0 Å². The molecular formula is C22H15ClN2O4. The average molecular weight is 407 g/mol. The molecule has 0 radical (unpaired) electrons. The zero-order valence-electron chi connectivity index (χ0n) is 15.1.